The Morgan fingerprint density at radius 2 is 1.81 bits per heavy atom. The molecule has 2 heterocycles. The lowest BCUT2D eigenvalue weighted by Gasteiger charge is -2.33. The van der Waals surface area contributed by atoms with Gasteiger partial charge in [-0.1, -0.05) is 30.3 Å². The topological polar surface area (TPSA) is 113 Å². The van der Waals surface area contributed by atoms with E-state index in [1.165, 1.54) is 11.1 Å². The Morgan fingerprint density at radius 3 is 2.39 bits per heavy atom. The van der Waals surface area contributed by atoms with Gasteiger partial charge in [0.1, 0.15) is 18.0 Å². The smallest absolute Gasteiger partial charge is 0.410 e. The molecule has 1 aliphatic heterocycles. The summed E-state index contributed by atoms with van der Waals surface area (Å²) >= 11 is 0. The van der Waals surface area contributed by atoms with Crippen LogP contribution in [0.5, 0.6) is 0 Å². The minimum absolute atomic E-state index is 0.0764. The molecule has 0 aliphatic carbocycles. The van der Waals surface area contributed by atoms with Crippen molar-refractivity contribution in [2.45, 2.75) is 64.9 Å². The fourth-order valence-electron chi connectivity index (χ4n) is 4.24. The number of hydrogen-bond acceptors (Lipinski definition) is 6. The molecule has 1 aliphatic rings. The number of carboxylic acids is 1. The van der Waals surface area contributed by atoms with E-state index in [1.807, 2.05) is 51.1 Å². The van der Waals surface area contributed by atoms with Gasteiger partial charge >= 0.3 is 12.1 Å². The molecule has 0 atom stereocenters. The molecule has 0 saturated carbocycles. The minimum atomic E-state index is -1.06. The molecule has 1 fully saturated rings. The number of likely N-dealkylation sites (tertiary alicyclic amines) is 1. The first kappa shape index (κ1) is 27.1. The summed E-state index contributed by atoms with van der Waals surface area (Å²) in [5.41, 5.74) is 1.44. The number of ether oxygens (including phenoxy) is 1. The van der Waals surface area contributed by atoms with E-state index in [2.05, 4.69) is 9.97 Å². The molecule has 0 unspecified atom stereocenters. The number of aliphatic carboxylic acids is 1. The molecule has 1 aromatic heterocycles. The number of benzene rings is 1. The van der Waals surface area contributed by atoms with Crippen molar-refractivity contribution in [3.63, 3.8) is 0 Å². The first-order valence-electron chi connectivity index (χ1n) is 12.4. The van der Waals surface area contributed by atoms with Gasteiger partial charge in [0.25, 0.3) is 5.91 Å². The fourth-order valence-corrected chi connectivity index (χ4v) is 4.24. The van der Waals surface area contributed by atoms with Gasteiger partial charge in [-0.15, -0.1) is 0 Å². The second-order valence-corrected chi connectivity index (χ2v) is 10.2. The summed E-state index contributed by atoms with van der Waals surface area (Å²) in [6.45, 7) is 8.33. The van der Waals surface area contributed by atoms with E-state index in [0.717, 1.165) is 12.0 Å². The van der Waals surface area contributed by atoms with Crippen LogP contribution in [0, 0.1) is 6.92 Å². The van der Waals surface area contributed by atoms with E-state index in [1.54, 1.807) is 11.8 Å². The highest BCUT2D eigenvalue weighted by Crippen LogP contribution is 2.27. The third-order valence-corrected chi connectivity index (χ3v) is 6.09. The summed E-state index contributed by atoms with van der Waals surface area (Å²) in [7, 11) is 0. The lowest BCUT2D eigenvalue weighted by atomic mass is 9.96. The average molecular weight is 497 g/mol. The Hall–Kier alpha value is -3.49. The van der Waals surface area contributed by atoms with Crippen LogP contribution in [-0.2, 0) is 16.0 Å². The van der Waals surface area contributed by atoms with Crippen molar-refractivity contribution in [1.29, 1.82) is 0 Å². The van der Waals surface area contributed by atoms with Crippen LogP contribution in [0.1, 0.15) is 73.4 Å². The Labute approximate surface area is 212 Å². The van der Waals surface area contributed by atoms with Crippen LogP contribution in [0.2, 0.25) is 0 Å². The number of carbonyl (C=O) groups is 3. The molecule has 2 aromatic rings. The lowest BCUT2D eigenvalue weighted by Crippen LogP contribution is -2.41. The number of hydrogen-bond donors (Lipinski definition) is 1. The number of carbonyl (C=O) groups excluding carboxylic acids is 2. The highest BCUT2D eigenvalue weighted by atomic mass is 16.6. The first-order valence-corrected chi connectivity index (χ1v) is 12.4. The second-order valence-electron chi connectivity index (χ2n) is 10.2. The Morgan fingerprint density at radius 1 is 1.14 bits per heavy atom. The fraction of sp³-hybridized carbons (Fsp3) is 0.519. The van der Waals surface area contributed by atoms with Gasteiger partial charge in [0.2, 0.25) is 0 Å². The monoisotopic (exact) mass is 496 g/mol. The molecule has 9 heteroatoms. The molecule has 1 saturated heterocycles. The number of aryl methyl sites for hydroxylation is 2. The summed E-state index contributed by atoms with van der Waals surface area (Å²) in [6.07, 6.45) is 4.00. The van der Waals surface area contributed by atoms with Crippen LogP contribution in [0.4, 0.5) is 4.79 Å². The van der Waals surface area contributed by atoms with Gasteiger partial charge in [-0.2, -0.15) is 0 Å². The number of amides is 2. The van der Waals surface area contributed by atoms with Crippen LogP contribution in [-0.4, -0.2) is 74.6 Å². The third kappa shape index (κ3) is 7.76. The molecule has 2 amide bonds. The predicted octanol–water partition coefficient (Wildman–Crippen LogP) is 4.06. The first-order chi connectivity index (χ1) is 17.0. The Balaban J connectivity index is 1.62. The maximum atomic E-state index is 13.2. The van der Waals surface area contributed by atoms with Gasteiger partial charge in [-0.05, 0) is 58.9 Å². The third-order valence-electron chi connectivity index (χ3n) is 6.09. The van der Waals surface area contributed by atoms with Crippen molar-refractivity contribution < 1.29 is 24.2 Å². The van der Waals surface area contributed by atoms with Gasteiger partial charge in [-0.3, -0.25) is 9.59 Å². The number of aromatic nitrogens is 2. The van der Waals surface area contributed by atoms with Crippen LogP contribution in [0.25, 0.3) is 0 Å². The molecule has 1 N–H and O–H groups in total. The van der Waals surface area contributed by atoms with Crippen molar-refractivity contribution in [1.82, 2.24) is 19.8 Å². The average Bonchev–Trinajstić information content (AvgIpc) is 2.82. The predicted molar refractivity (Wildman–Crippen MR) is 135 cm³/mol. The number of piperidine rings is 1. The zero-order chi connectivity index (χ0) is 26.3. The van der Waals surface area contributed by atoms with E-state index in [-0.39, 0.29) is 24.5 Å². The summed E-state index contributed by atoms with van der Waals surface area (Å²) in [5, 5.41) is 9.34. The maximum Gasteiger partial charge on any atom is 0.410 e. The molecule has 0 bridgehead atoms. The van der Waals surface area contributed by atoms with Crippen molar-refractivity contribution in [3.05, 3.63) is 59.2 Å². The zero-order valence-electron chi connectivity index (χ0n) is 21.6. The molecule has 0 spiro atoms. The molecule has 3 rings (SSSR count). The zero-order valence-corrected chi connectivity index (χ0v) is 21.6. The number of rotatable bonds is 8. The van der Waals surface area contributed by atoms with Crippen molar-refractivity contribution in [2.75, 3.05) is 26.2 Å². The molecule has 36 heavy (non-hydrogen) atoms. The largest absolute Gasteiger partial charge is 0.480 e. The number of nitrogens with zero attached hydrogens (tertiary/aromatic N) is 4. The molecule has 0 radical (unpaired) electrons. The van der Waals surface area contributed by atoms with Crippen molar-refractivity contribution >= 4 is 18.0 Å². The second kappa shape index (κ2) is 12.0. The summed E-state index contributed by atoms with van der Waals surface area (Å²) in [4.78, 5) is 49.0. The SMILES string of the molecule is Cc1nc(C2CCN(C(=O)OC(C)(C)C)CC2)ncc1C(=O)N(CCCc1ccccc1)CC(=O)O. The van der Waals surface area contributed by atoms with Crippen LogP contribution >= 0.6 is 0 Å². The lowest BCUT2D eigenvalue weighted by molar-refractivity contribution is -0.137. The van der Waals surface area contributed by atoms with Gasteiger partial charge in [0.05, 0.1) is 11.3 Å². The molecular weight excluding hydrogens is 460 g/mol. The van der Waals surface area contributed by atoms with E-state index in [4.69, 9.17) is 4.74 Å². The quantitative estimate of drug-likeness (QED) is 0.586. The number of carboxylic acid groups (broad SMARTS) is 1. The van der Waals surface area contributed by atoms with Crippen molar-refractivity contribution in [2.24, 2.45) is 0 Å². The summed E-state index contributed by atoms with van der Waals surface area (Å²) < 4.78 is 5.45. The van der Waals surface area contributed by atoms with E-state index < -0.39 is 11.6 Å². The van der Waals surface area contributed by atoms with E-state index in [0.29, 0.717) is 56.0 Å². The van der Waals surface area contributed by atoms with Crippen LogP contribution in [0.3, 0.4) is 0 Å². The Bertz CT molecular complexity index is 1060. The van der Waals surface area contributed by atoms with E-state index >= 15 is 0 Å². The van der Waals surface area contributed by atoms with Gasteiger partial charge in [-0.25, -0.2) is 14.8 Å². The standard InChI is InChI=1S/C27H36N4O5/c1-19-22(25(34)31(18-23(32)33)14-8-11-20-9-6-5-7-10-20)17-28-24(29-19)21-12-15-30(16-13-21)26(35)36-27(2,3)4/h5-7,9-10,17,21H,8,11-16,18H2,1-4H3,(H,32,33). The highest BCUT2D eigenvalue weighted by molar-refractivity contribution is 5.96. The van der Waals surface area contributed by atoms with Gasteiger partial charge < -0.3 is 19.6 Å². The van der Waals surface area contributed by atoms with E-state index in [9.17, 15) is 19.5 Å². The molecule has 9 nitrogen and oxygen atoms in total. The minimum Gasteiger partial charge on any atom is -0.480 e. The summed E-state index contributed by atoms with van der Waals surface area (Å²) in [5.74, 6) is -0.724. The Kier molecular flexibility index (Phi) is 9.01. The molecular formula is C27H36N4O5. The summed E-state index contributed by atoms with van der Waals surface area (Å²) in [6, 6.07) is 9.88. The van der Waals surface area contributed by atoms with Gasteiger partial charge in [0.15, 0.2) is 0 Å². The molecule has 194 valence electrons. The van der Waals surface area contributed by atoms with Gasteiger partial charge in [0, 0.05) is 31.7 Å². The van der Waals surface area contributed by atoms with Crippen LogP contribution < -0.4 is 0 Å². The maximum absolute atomic E-state index is 13.2. The van der Waals surface area contributed by atoms with Crippen molar-refractivity contribution in [3.8, 4) is 0 Å². The molecule has 1 aromatic carbocycles. The van der Waals surface area contributed by atoms with Crippen LogP contribution in [0.15, 0.2) is 36.5 Å². The highest BCUT2D eigenvalue weighted by Gasteiger charge is 2.29. The normalized spacial score (nSPS) is 14.4.